The van der Waals surface area contributed by atoms with Crippen LogP contribution in [0.1, 0.15) is 15.9 Å². The number of hydrogen-bond acceptors (Lipinski definition) is 4. The smallest absolute Gasteiger partial charge is 0.416 e. The highest BCUT2D eigenvalue weighted by Gasteiger charge is 2.30. The minimum atomic E-state index is -4.53. The standard InChI is InChI=1S/C20H19F3N4O3/c1-26-17(13-6-8-16(30-2)9-7-13)25-27(19(26)29)11-10-24-18(28)14-4-3-5-15(12-14)20(21,22)23/h3-9,12H,10-11H2,1-2H3,(H,24,28). The highest BCUT2D eigenvalue weighted by Crippen LogP contribution is 2.29. The van der Waals surface area contributed by atoms with Gasteiger partial charge in [-0.25, -0.2) is 9.48 Å². The number of methoxy groups -OCH3 is 1. The van der Waals surface area contributed by atoms with Crippen molar-refractivity contribution in [2.45, 2.75) is 12.7 Å². The number of alkyl halides is 3. The summed E-state index contributed by atoms with van der Waals surface area (Å²) in [4.78, 5) is 24.5. The number of carbonyl (C=O) groups excluding carboxylic acids is 1. The van der Waals surface area contributed by atoms with E-state index in [1.165, 1.54) is 21.4 Å². The quantitative estimate of drug-likeness (QED) is 0.665. The monoisotopic (exact) mass is 420 g/mol. The molecule has 30 heavy (non-hydrogen) atoms. The lowest BCUT2D eigenvalue weighted by Gasteiger charge is -2.09. The molecule has 0 atom stereocenters. The molecule has 0 aliphatic rings. The van der Waals surface area contributed by atoms with E-state index in [1.54, 1.807) is 38.4 Å². The molecular weight excluding hydrogens is 401 g/mol. The maximum atomic E-state index is 12.8. The van der Waals surface area contributed by atoms with Crippen molar-refractivity contribution in [3.63, 3.8) is 0 Å². The number of rotatable bonds is 6. The van der Waals surface area contributed by atoms with E-state index >= 15 is 0 Å². The van der Waals surface area contributed by atoms with Gasteiger partial charge in [0, 0.05) is 24.7 Å². The second kappa shape index (κ2) is 8.44. The van der Waals surface area contributed by atoms with Crippen molar-refractivity contribution in [3.8, 4) is 17.1 Å². The van der Waals surface area contributed by atoms with Crippen molar-refractivity contribution < 1.29 is 22.7 Å². The third-order valence-electron chi connectivity index (χ3n) is 4.45. The number of amides is 1. The number of carbonyl (C=O) groups is 1. The largest absolute Gasteiger partial charge is 0.497 e. The summed E-state index contributed by atoms with van der Waals surface area (Å²) in [6.07, 6.45) is -4.53. The van der Waals surface area contributed by atoms with Crippen molar-refractivity contribution in [1.29, 1.82) is 0 Å². The zero-order chi connectivity index (χ0) is 21.9. The van der Waals surface area contributed by atoms with Crippen LogP contribution in [-0.4, -0.2) is 33.9 Å². The van der Waals surface area contributed by atoms with Gasteiger partial charge in [-0.15, -0.1) is 5.10 Å². The molecule has 3 aromatic rings. The highest BCUT2D eigenvalue weighted by atomic mass is 19.4. The summed E-state index contributed by atoms with van der Waals surface area (Å²) in [7, 11) is 3.12. The van der Waals surface area contributed by atoms with E-state index in [9.17, 15) is 22.8 Å². The van der Waals surface area contributed by atoms with E-state index in [4.69, 9.17) is 4.74 Å². The number of benzene rings is 2. The van der Waals surface area contributed by atoms with Crippen LogP contribution >= 0.6 is 0 Å². The molecule has 1 amide bonds. The third kappa shape index (κ3) is 4.53. The number of halogens is 3. The summed E-state index contributed by atoms with van der Waals surface area (Å²) in [5, 5.41) is 6.78. The molecular formula is C20H19F3N4O3. The zero-order valence-corrected chi connectivity index (χ0v) is 16.2. The third-order valence-corrected chi connectivity index (χ3v) is 4.45. The minimum absolute atomic E-state index is 0.0219. The van der Waals surface area contributed by atoms with Crippen LogP contribution in [0.2, 0.25) is 0 Å². The molecule has 3 rings (SSSR count). The van der Waals surface area contributed by atoms with Gasteiger partial charge < -0.3 is 10.1 Å². The molecule has 10 heteroatoms. The van der Waals surface area contributed by atoms with Gasteiger partial charge in [0.05, 0.1) is 19.2 Å². The lowest BCUT2D eigenvalue weighted by atomic mass is 10.1. The van der Waals surface area contributed by atoms with Crippen LogP contribution in [0.3, 0.4) is 0 Å². The number of nitrogens with zero attached hydrogens (tertiary/aromatic N) is 3. The van der Waals surface area contributed by atoms with Gasteiger partial charge in [-0.3, -0.25) is 9.36 Å². The van der Waals surface area contributed by atoms with Crippen LogP contribution in [0, 0.1) is 0 Å². The van der Waals surface area contributed by atoms with Gasteiger partial charge in [-0.05, 0) is 42.5 Å². The fourth-order valence-electron chi connectivity index (χ4n) is 2.84. The molecule has 0 fully saturated rings. The van der Waals surface area contributed by atoms with Gasteiger partial charge in [0.1, 0.15) is 5.75 Å². The second-order valence-corrected chi connectivity index (χ2v) is 6.45. The summed E-state index contributed by atoms with van der Waals surface area (Å²) in [6.45, 7) is 0.0849. The van der Waals surface area contributed by atoms with Crippen LogP contribution in [0.4, 0.5) is 13.2 Å². The maximum absolute atomic E-state index is 12.8. The predicted molar refractivity (Wildman–Crippen MR) is 103 cm³/mol. The first kappa shape index (κ1) is 21.2. The first-order valence-corrected chi connectivity index (χ1v) is 8.94. The summed E-state index contributed by atoms with van der Waals surface area (Å²) >= 11 is 0. The fraction of sp³-hybridized carbons (Fsp3) is 0.250. The molecule has 7 nitrogen and oxygen atoms in total. The van der Waals surface area contributed by atoms with Crippen LogP contribution in [0.25, 0.3) is 11.4 Å². The van der Waals surface area contributed by atoms with Crippen LogP contribution < -0.4 is 15.7 Å². The van der Waals surface area contributed by atoms with Crippen molar-refractivity contribution in [2.75, 3.05) is 13.7 Å². The first-order chi connectivity index (χ1) is 14.2. The average molecular weight is 420 g/mol. The van der Waals surface area contributed by atoms with Gasteiger partial charge in [0.25, 0.3) is 5.91 Å². The number of ether oxygens (including phenoxy) is 1. The van der Waals surface area contributed by atoms with Gasteiger partial charge in [-0.1, -0.05) is 6.07 Å². The summed E-state index contributed by atoms with van der Waals surface area (Å²) in [6, 6.07) is 11.2. The van der Waals surface area contributed by atoms with Crippen molar-refractivity contribution in [2.24, 2.45) is 7.05 Å². The topological polar surface area (TPSA) is 78.2 Å². The molecule has 1 heterocycles. The SMILES string of the molecule is COc1ccc(-c2nn(CCNC(=O)c3cccc(C(F)(F)F)c3)c(=O)n2C)cc1. The van der Waals surface area contributed by atoms with Gasteiger partial charge >= 0.3 is 11.9 Å². The van der Waals surface area contributed by atoms with E-state index in [-0.39, 0.29) is 24.3 Å². The molecule has 1 aromatic heterocycles. The molecule has 0 bridgehead atoms. The summed E-state index contributed by atoms with van der Waals surface area (Å²) < 4.78 is 46.0. The zero-order valence-electron chi connectivity index (χ0n) is 16.2. The Hall–Kier alpha value is -3.56. The summed E-state index contributed by atoms with van der Waals surface area (Å²) in [5.41, 5.74) is -0.686. The number of aromatic nitrogens is 3. The molecule has 0 radical (unpaired) electrons. The molecule has 2 aromatic carbocycles. The lowest BCUT2D eigenvalue weighted by molar-refractivity contribution is -0.137. The Labute approximate surface area is 169 Å². The van der Waals surface area contributed by atoms with Gasteiger partial charge in [-0.2, -0.15) is 13.2 Å². The molecule has 0 saturated heterocycles. The van der Waals surface area contributed by atoms with Crippen molar-refractivity contribution >= 4 is 5.91 Å². The highest BCUT2D eigenvalue weighted by molar-refractivity contribution is 5.94. The lowest BCUT2D eigenvalue weighted by Crippen LogP contribution is -2.31. The normalized spacial score (nSPS) is 11.4. The van der Waals surface area contributed by atoms with E-state index in [0.29, 0.717) is 17.1 Å². The Bertz CT molecular complexity index is 1100. The Balaban J connectivity index is 1.68. The van der Waals surface area contributed by atoms with E-state index < -0.39 is 17.6 Å². The number of nitrogens with one attached hydrogen (secondary N) is 1. The molecule has 158 valence electrons. The van der Waals surface area contributed by atoms with Crippen LogP contribution in [0.15, 0.2) is 53.3 Å². The van der Waals surface area contributed by atoms with Crippen molar-refractivity contribution in [3.05, 3.63) is 70.1 Å². The van der Waals surface area contributed by atoms with Crippen LogP contribution in [-0.2, 0) is 19.8 Å². The Morgan fingerprint density at radius 3 is 2.50 bits per heavy atom. The van der Waals surface area contributed by atoms with E-state index in [2.05, 4.69) is 10.4 Å². The van der Waals surface area contributed by atoms with E-state index in [1.807, 2.05) is 0 Å². The molecule has 0 unspecified atom stereocenters. The summed E-state index contributed by atoms with van der Waals surface area (Å²) in [5.74, 6) is 0.438. The maximum Gasteiger partial charge on any atom is 0.416 e. The molecule has 0 aliphatic carbocycles. The fourth-order valence-corrected chi connectivity index (χ4v) is 2.84. The molecule has 1 N–H and O–H groups in total. The number of hydrogen-bond donors (Lipinski definition) is 1. The van der Waals surface area contributed by atoms with E-state index in [0.717, 1.165) is 12.1 Å². The Morgan fingerprint density at radius 1 is 1.17 bits per heavy atom. The molecule has 0 aliphatic heterocycles. The predicted octanol–water partition coefficient (Wildman–Crippen LogP) is 2.71. The second-order valence-electron chi connectivity index (χ2n) is 6.45. The van der Waals surface area contributed by atoms with Crippen LogP contribution in [0.5, 0.6) is 5.75 Å². The Kier molecular flexibility index (Phi) is 5.95. The average Bonchev–Trinajstić information content (AvgIpc) is 3.02. The van der Waals surface area contributed by atoms with Crippen molar-refractivity contribution in [1.82, 2.24) is 19.7 Å². The first-order valence-electron chi connectivity index (χ1n) is 8.94. The van der Waals surface area contributed by atoms with Gasteiger partial charge in [0.2, 0.25) is 0 Å². The Morgan fingerprint density at radius 2 is 1.87 bits per heavy atom. The molecule has 0 saturated carbocycles. The van der Waals surface area contributed by atoms with Gasteiger partial charge in [0.15, 0.2) is 5.82 Å². The molecule has 0 spiro atoms. The minimum Gasteiger partial charge on any atom is -0.497 e.